The Morgan fingerprint density at radius 2 is 1.22 bits per heavy atom. The van der Waals surface area contributed by atoms with Crippen LogP contribution in [0.15, 0.2) is 115 Å². The molecule has 4 aromatic rings. The standard InChI is InChI=1S/C50H64N8O7/c1-34(2)29-43(49(64)53-33-46(61)58(39-17-11-6-12-18-39)40-24-27-57(28-25-40)26-23-36-13-7-4-8-14-36)56-50(65)44(31-37-15-9-5-10-16-37)55-45(60)32-52-47(62)35(3)54-48(63)42(51)30-38-19-21-41(59)22-20-38/h4-22,34-35,40,42-44,59H,23-33,51H2,1-3H3,(H,52,62)(H,53,64)(H,54,63)(H,55,60)(H,56,65)/t35-,42+,43+,44+/m1/s1. The second-order valence-electron chi connectivity index (χ2n) is 17.1. The molecule has 1 aliphatic rings. The van der Waals surface area contributed by atoms with Gasteiger partial charge in [-0.25, -0.2) is 0 Å². The lowest BCUT2D eigenvalue weighted by atomic mass is 10.0. The van der Waals surface area contributed by atoms with Gasteiger partial charge in [0.05, 0.1) is 19.1 Å². The quantitative estimate of drug-likeness (QED) is 0.0617. The largest absolute Gasteiger partial charge is 0.508 e. The Morgan fingerprint density at radius 3 is 1.83 bits per heavy atom. The summed E-state index contributed by atoms with van der Waals surface area (Å²) in [4.78, 5) is 85.0. The number of nitrogens with one attached hydrogen (secondary N) is 5. The van der Waals surface area contributed by atoms with Crippen molar-refractivity contribution in [3.8, 4) is 5.75 Å². The fourth-order valence-electron chi connectivity index (χ4n) is 7.82. The zero-order chi connectivity index (χ0) is 46.7. The van der Waals surface area contributed by atoms with Crippen molar-refractivity contribution < 1.29 is 33.9 Å². The summed E-state index contributed by atoms with van der Waals surface area (Å²) in [6.45, 7) is 7.12. The van der Waals surface area contributed by atoms with Crippen LogP contribution in [0.25, 0.3) is 0 Å². The summed E-state index contributed by atoms with van der Waals surface area (Å²) in [5.41, 5.74) is 9.56. The number of phenols is 1. The van der Waals surface area contributed by atoms with E-state index in [0.717, 1.165) is 55.7 Å². The Bertz CT molecular complexity index is 2150. The number of hydrogen-bond donors (Lipinski definition) is 7. The summed E-state index contributed by atoms with van der Waals surface area (Å²) in [5, 5.41) is 22.9. The third-order valence-electron chi connectivity index (χ3n) is 11.4. The van der Waals surface area contributed by atoms with E-state index in [1.807, 2.05) is 80.6 Å². The number of hydrogen-bond acceptors (Lipinski definition) is 9. The molecular weight excluding hydrogens is 825 g/mol. The van der Waals surface area contributed by atoms with Crippen LogP contribution >= 0.6 is 0 Å². The maximum atomic E-state index is 14.0. The minimum absolute atomic E-state index is 0.0168. The summed E-state index contributed by atoms with van der Waals surface area (Å²) in [6, 6.07) is 30.9. The number of phenolic OH excluding ortho intramolecular Hbond substituents is 1. The maximum absolute atomic E-state index is 14.0. The zero-order valence-electron chi connectivity index (χ0n) is 37.6. The SMILES string of the molecule is CC(C)C[C@H](NC(=O)[C@H](Cc1ccccc1)NC(=O)CNC(=O)[C@@H](C)NC(=O)[C@@H](N)Cc1ccc(O)cc1)C(=O)NCC(=O)N(c1ccccc1)C1CCN(CCc2ccccc2)CC1. The van der Waals surface area contributed by atoms with Crippen LogP contribution in [-0.2, 0) is 48.0 Å². The molecule has 15 heteroatoms. The number of nitrogens with zero attached hydrogens (tertiary/aromatic N) is 2. The number of aromatic hydroxyl groups is 1. The third-order valence-corrected chi connectivity index (χ3v) is 11.4. The Labute approximate surface area is 381 Å². The average molecular weight is 889 g/mol. The zero-order valence-corrected chi connectivity index (χ0v) is 37.6. The number of likely N-dealkylation sites (tertiary alicyclic amines) is 1. The van der Waals surface area contributed by atoms with Gasteiger partial charge in [0.1, 0.15) is 23.9 Å². The molecule has 4 atom stereocenters. The van der Waals surface area contributed by atoms with Crippen LogP contribution in [0.4, 0.5) is 5.69 Å². The number of nitrogens with two attached hydrogens (primary N) is 1. The van der Waals surface area contributed by atoms with Gasteiger partial charge in [-0.2, -0.15) is 0 Å². The second kappa shape index (κ2) is 25.1. The number of benzene rings is 4. The highest BCUT2D eigenvalue weighted by molar-refractivity contribution is 5.99. The van der Waals surface area contributed by atoms with Gasteiger partial charge in [-0.05, 0) is 85.9 Å². The van der Waals surface area contributed by atoms with Gasteiger partial charge in [-0.1, -0.05) is 105 Å². The summed E-state index contributed by atoms with van der Waals surface area (Å²) in [5.74, 6) is -3.23. The van der Waals surface area contributed by atoms with Gasteiger partial charge in [-0.3, -0.25) is 28.8 Å². The van der Waals surface area contributed by atoms with Crippen molar-refractivity contribution >= 4 is 41.1 Å². The van der Waals surface area contributed by atoms with E-state index in [2.05, 4.69) is 43.6 Å². The van der Waals surface area contributed by atoms with Crippen molar-refractivity contribution in [2.45, 2.75) is 89.5 Å². The number of rotatable bonds is 22. The van der Waals surface area contributed by atoms with Gasteiger partial charge < -0.3 is 47.2 Å². The predicted octanol–water partition coefficient (Wildman–Crippen LogP) is 3.00. The van der Waals surface area contributed by atoms with Crippen LogP contribution in [0.3, 0.4) is 0 Å². The van der Waals surface area contributed by atoms with E-state index in [4.69, 9.17) is 5.73 Å². The first kappa shape index (κ1) is 49.4. The molecule has 8 N–H and O–H groups in total. The fraction of sp³-hybridized carbons (Fsp3) is 0.400. The highest BCUT2D eigenvalue weighted by atomic mass is 16.3. The molecule has 4 aromatic carbocycles. The minimum atomic E-state index is -1.13. The maximum Gasteiger partial charge on any atom is 0.246 e. The Kier molecular flexibility index (Phi) is 19.1. The monoisotopic (exact) mass is 888 g/mol. The lowest BCUT2D eigenvalue weighted by Crippen LogP contribution is -2.57. The van der Waals surface area contributed by atoms with Gasteiger partial charge in [0.2, 0.25) is 35.4 Å². The summed E-state index contributed by atoms with van der Waals surface area (Å²) >= 11 is 0. The fourth-order valence-corrected chi connectivity index (χ4v) is 7.82. The molecule has 0 radical (unpaired) electrons. The van der Waals surface area contributed by atoms with Gasteiger partial charge in [-0.15, -0.1) is 0 Å². The van der Waals surface area contributed by atoms with Crippen molar-refractivity contribution in [2.75, 3.05) is 37.6 Å². The number of carbonyl (C=O) groups excluding carboxylic acids is 6. The molecule has 0 spiro atoms. The third kappa shape index (κ3) is 16.2. The van der Waals surface area contributed by atoms with Gasteiger partial charge in [0.25, 0.3) is 0 Å². The Hall–Kier alpha value is -6.58. The van der Waals surface area contributed by atoms with Crippen LogP contribution in [-0.4, -0.2) is 108 Å². The van der Waals surface area contributed by atoms with Gasteiger partial charge in [0, 0.05) is 37.8 Å². The molecule has 15 nitrogen and oxygen atoms in total. The lowest BCUT2D eigenvalue weighted by molar-refractivity contribution is -0.133. The number of piperidine rings is 1. The number of anilines is 1. The Balaban J connectivity index is 1.17. The van der Waals surface area contributed by atoms with Crippen molar-refractivity contribution in [3.63, 3.8) is 0 Å². The minimum Gasteiger partial charge on any atom is -0.508 e. The van der Waals surface area contributed by atoms with E-state index in [1.165, 1.54) is 24.6 Å². The van der Waals surface area contributed by atoms with Crippen molar-refractivity contribution in [1.29, 1.82) is 0 Å². The van der Waals surface area contributed by atoms with Crippen LogP contribution in [0.5, 0.6) is 5.75 Å². The number of carbonyl (C=O) groups is 6. The van der Waals surface area contributed by atoms with E-state index in [0.29, 0.717) is 0 Å². The summed E-state index contributed by atoms with van der Waals surface area (Å²) in [7, 11) is 0. The highest BCUT2D eigenvalue weighted by Gasteiger charge is 2.32. The molecule has 5 rings (SSSR count). The molecule has 0 bridgehead atoms. The summed E-state index contributed by atoms with van der Waals surface area (Å²) in [6.07, 6.45) is 3.04. The summed E-state index contributed by atoms with van der Waals surface area (Å²) < 4.78 is 0. The van der Waals surface area contributed by atoms with E-state index in [1.54, 1.807) is 29.2 Å². The Morgan fingerprint density at radius 1 is 0.646 bits per heavy atom. The van der Waals surface area contributed by atoms with E-state index < -0.39 is 60.2 Å². The van der Waals surface area contributed by atoms with Crippen LogP contribution in [0.2, 0.25) is 0 Å². The molecule has 1 saturated heterocycles. The van der Waals surface area contributed by atoms with Crippen molar-refractivity contribution in [1.82, 2.24) is 31.5 Å². The molecule has 1 aliphatic heterocycles. The molecule has 0 aliphatic carbocycles. The first-order valence-corrected chi connectivity index (χ1v) is 22.4. The molecule has 65 heavy (non-hydrogen) atoms. The first-order chi connectivity index (χ1) is 31.2. The van der Waals surface area contributed by atoms with Crippen molar-refractivity contribution in [2.24, 2.45) is 11.7 Å². The highest BCUT2D eigenvalue weighted by Crippen LogP contribution is 2.24. The van der Waals surface area contributed by atoms with E-state index in [-0.39, 0.29) is 49.4 Å². The average Bonchev–Trinajstić information content (AvgIpc) is 3.30. The molecule has 6 amide bonds. The van der Waals surface area contributed by atoms with Crippen molar-refractivity contribution in [3.05, 3.63) is 132 Å². The van der Waals surface area contributed by atoms with Crippen LogP contribution in [0.1, 0.15) is 56.7 Å². The van der Waals surface area contributed by atoms with E-state index >= 15 is 0 Å². The molecular formula is C50H64N8O7. The topological polar surface area (TPSA) is 215 Å². The van der Waals surface area contributed by atoms with Gasteiger partial charge >= 0.3 is 0 Å². The molecule has 0 unspecified atom stereocenters. The van der Waals surface area contributed by atoms with E-state index in [9.17, 15) is 33.9 Å². The molecule has 346 valence electrons. The number of amides is 6. The van der Waals surface area contributed by atoms with Gasteiger partial charge in [0.15, 0.2) is 0 Å². The predicted molar refractivity (Wildman–Crippen MR) is 250 cm³/mol. The number of para-hydroxylation sites is 1. The normalized spacial score (nSPS) is 14.8. The molecule has 1 heterocycles. The molecule has 0 aromatic heterocycles. The molecule has 1 fully saturated rings. The van der Waals surface area contributed by atoms with Crippen LogP contribution < -0.4 is 37.2 Å². The second-order valence-corrected chi connectivity index (χ2v) is 17.1. The van der Waals surface area contributed by atoms with Crippen LogP contribution in [0, 0.1) is 5.92 Å². The smallest absolute Gasteiger partial charge is 0.246 e. The lowest BCUT2D eigenvalue weighted by Gasteiger charge is -2.38. The first-order valence-electron chi connectivity index (χ1n) is 22.4. The molecule has 0 saturated carbocycles.